The van der Waals surface area contributed by atoms with Crippen molar-refractivity contribution in [2.75, 3.05) is 13.2 Å². The number of nitriles is 1. The number of nitrogens with zero attached hydrogens (tertiary/aromatic N) is 1. The summed E-state index contributed by atoms with van der Waals surface area (Å²) in [5, 5.41) is 8.88. The van der Waals surface area contributed by atoms with Crippen molar-refractivity contribution in [3.8, 4) is 6.07 Å². The van der Waals surface area contributed by atoms with E-state index in [4.69, 9.17) is 10.00 Å². The molecule has 1 fully saturated rings. The molecule has 0 saturated heterocycles. The first-order valence-electron chi connectivity index (χ1n) is 9.52. The van der Waals surface area contributed by atoms with Gasteiger partial charge < -0.3 is 4.74 Å². The van der Waals surface area contributed by atoms with Gasteiger partial charge in [0.05, 0.1) is 11.6 Å². The van der Waals surface area contributed by atoms with Gasteiger partial charge in [0.15, 0.2) is 0 Å². The highest BCUT2D eigenvalue weighted by Crippen LogP contribution is 2.37. The van der Waals surface area contributed by atoms with Gasteiger partial charge in [-0.3, -0.25) is 0 Å². The van der Waals surface area contributed by atoms with Crippen LogP contribution in [0.1, 0.15) is 75.3 Å². The van der Waals surface area contributed by atoms with Crippen LogP contribution in [0.5, 0.6) is 0 Å². The zero-order valence-corrected chi connectivity index (χ0v) is 15.0. The Kier molecular flexibility index (Phi) is 8.63. The lowest BCUT2D eigenvalue weighted by molar-refractivity contribution is 0.122. The van der Waals surface area contributed by atoms with E-state index in [0.29, 0.717) is 5.92 Å². The lowest BCUT2D eigenvalue weighted by atomic mass is 9.77. The molecule has 1 aliphatic rings. The quantitative estimate of drug-likeness (QED) is 0.413. The van der Waals surface area contributed by atoms with E-state index in [9.17, 15) is 0 Å². The molecule has 24 heavy (non-hydrogen) atoms. The molecule has 0 spiro atoms. The molecule has 2 heteroatoms. The highest BCUT2D eigenvalue weighted by atomic mass is 16.5. The van der Waals surface area contributed by atoms with E-state index in [-0.39, 0.29) is 0 Å². The van der Waals surface area contributed by atoms with Crippen molar-refractivity contribution < 1.29 is 4.74 Å². The second kappa shape index (κ2) is 11.0. The molecule has 1 aromatic carbocycles. The van der Waals surface area contributed by atoms with E-state index in [2.05, 4.69) is 37.3 Å². The molecule has 0 aliphatic heterocycles. The van der Waals surface area contributed by atoms with E-state index < -0.39 is 0 Å². The number of allylic oxidation sites excluding steroid dienone is 2. The zero-order valence-electron chi connectivity index (χ0n) is 15.0. The third-order valence-corrected chi connectivity index (χ3v) is 5.15. The highest BCUT2D eigenvalue weighted by Gasteiger charge is 2.21. The number of unbranched alkanes of at least 4 members (excludes halogenated alkanes) is 1. The summed E-state index contributed by atoms with van der Waals surface area (Å²) >= 11 is 0. The maximum Gasteiger partial charge on any atom is 0.0991 e. The molecule has 0 aromatic heterocycles. The second-order valence-corrected chi connectivity index (χ2v) is 6.92. The number of ether oxygens (including phenoxy) is 1. The number of rotatable bonds is 9. The molecule has 0 atom stereocenters. The van der Waals surface area contributed by atoms with Gasteiger partial charge in [-0.2, -0.15) is 5.26 Å². The topological polar surface area (TPSA) is 33.0 Å². The van der Waals surface area contributed by atoms with Crippen LogP contribution in [0.3, 0.4) is 0 Å². The van der Waals surface area contributed by atoms with Gasteiger partial charge in [-0.25, -0.2) is 0 Å². The van der Waals surface area contributed by atoms with Crippen LogP contribution >= 0.6 is 0 Å². The van der Waals surface area contributed by atoms with Crippen LogP contribution in [-0.2, 0) is 4.74 Å². The number of benzene rings is 1. The minimum absolute atomic E-state index is 0.692. The Morgan fingerprint density at radius 2 is 1.79 bits per heavy atom. The Bertz CT molecular complexity index is 518. The average molecular weight is 325 g/mol. The fourth-order valence-corrected chi connectivity index (χ4v) is 3.66. The lowest BCUT2D eigenvalue weighted by Crippen LogP contribution is -2.14. The number of hydrogen-bond acceptors (Lipinski definition) is 2. The predicted octanol–water partition coefficient (Wildman–Crippen LogP) is 5.99. The summed E-state index contributed by atoms with van der Waals surface area (Å²) in [6, 6.07) is 10.4. The van der Waals surface area contributed by atoms with Crippen LogP contribution in [0.15, 0.2) is 36.4 Å². The number of hydrogen-bond donors (Lipinski definition) is 0. The van der Waals surface area contributed by atoms with Crippen molar-refractivity contribution in [1.82, 2.24) is 0 Å². The average Bonchev–Trinajstić information content (AvgIpc) is 2.64. The molecule has 130 valence electrons. The van der Waals surface area contributed by atoms with Gasteiger partial charge in [0.2, 0.25) is 0 Å². The van der Waals surface area contributed by atoms with Crippen molar-refractivity contribution in [3.05, 3.63) is 47.5 Å². The van der Waals surface area contributed by atoms with Crippen LogP contribution in [0.2, 0.25) is 0 Å². The Morgan fingerprint density at radius 1 is 1.08 bits per heavy atom. The molecular formula is C22H31NO. The molecule has 0 radical (unpaired) electrons. The normalized spacial score (nSPS) is 21.0. The molecule has 2 nitrogen and oxygen atoms in total. The van der Waals surface area contributed by atoms with Gasteiger partial charge in [0, 0.05) is 13.2 Å². The summed E-state index contributed by atoms with van der Waals surface area (Å²) in [6.07, 6.45) is 14.4. The lowest BCUT2D eigenvalue weighted by Gasteiger charge is -2.28. The van der Waals surface area contributed by atoms with Crippen LogP contribution in [0, 0.1) is 17.2 Å². The summed E-state index contributed by atoms with van der Waals surface area (Å²) in [6.45, 7) is 3.89. The summed E-state index contributed by atoms with van der Waals surface area (Å²) in [5.74, 6) is 1.57. The molecule has 0 unspecified atom stereocenters. The standard InChI is InChI=1S/C22H31NO/c1-2-3-4-5-16-24-17-6-7-19-8-12-21(13-9-19)22-14-10-20(18-23)11-15-22/h2-3,10-11,14-15,19,21H,4-9,12-13,16-17H2,1H3/b3-2+. The first-order valence-corrected chi connectivity index (χ1v) is 9.52. The molecule has 1 aliphatic carbocycles. The molecule has 0 bridgehead atoms. The molecule has 1 aromatic rings. The van der Waals surface area contributed by atoms with E-state index in [1.54, 1.807) is 0 Å². The highest BCUT2D eigenvalue weighted by molar-refractivity contribution is 5.33. The fourth-order valence-electron chi connectivity index (χ4n) is 3.66. The van der Waals surface area contributed by atoms with Gasteiger partial charge in [-0.15, -0.1) is 0 Å². The van der Waals surface area contributed by atoms with Crippen molar-refractivity contribution in [2.45, 2.75) is 64.2 Å². The third-order valence-electron chi connectivity index (χ3n) is 5.15. The van der Waals surface area contributed by atoms with Crippen molar-refractivity contribution in [2.24, 2.45) is 5.92 Å². The van der Waals surface area contributed by atoms with Crippen LogP contribution < -0.4 is 0 Å². The van der Waals surface area contributed by atoms with Crippen LogP contribution in [0.4, 0.5) is 0 Å². The Balaban J connectivity index is 1.56. The van der Waals surface area contributed by atoms with Gasteiger partial charge in [0.25, 0.3) is 0 Å². The van der Waals surface area contributed by atoms with Gasteiger partial charge in [0.1, 0.15) is 0 Å². The van der Waals surface area contributed by atoms with Crippen molar-refractivity contribution in [3.63, 3.8) is 0 Å². The second-order valence-electron chi connectivity index (χ2n) is 6.92. The molecular weight excluding hydrogens is 294 g/mol. The van der Waals surface area contributed by atoms with Crippen molar-refractivity contribution >= 4 is 0 Å². The van der Waals surface area contributed by atoms with Gasteiger partial charge in [-0.05, 0) is 87.8 Å². The summed E-state index contributed by atoms with van der Waals surface area (Å²) in [7, 11) is 0. The van der Waals surface area contributed by atoms with Crippen LogP contribution in [-0.4, -0.2) is 13.2 Å². The third kappa shape index (κ3) is 6.49. The van der Waals surface area contributed by atoms with E-state index in [0.717, 1.165) is 37.5 Å². The smallest absolute Gasteiger partial charge is 0.0991 e. The maximum atomic E-state index is 8.88. The predicted molar refractivity (Wildman–Crippen MR) is 100.0 cm³/mol. The largest absolute Gasteiger partial charge is 0.381 e. The van der Waals surface area contributed by atoms with E-state index >= 15 is 0 Å². The molecule has 0 N–H and O–H groups in total. The monoisotopic (exact) mass is 325 g/mol. The van der Waals surface area contributed by atoms with Gasteiger partial charge >= 0.3 is 0 Å². The first kappa shape index (κ1) is 18.7. The minimum atomic E-state index is 0.692. The summed E-state index contributed by atoms with van der Waals surface area (Å²) in [5.41, 5.74) is 2.18. The van der Waals surface area contributed by atoms with Crippen LogP contribution in [0.25, 0.3) is 0 Å². The Labute approximate surface area is 147 Å². The minimum Gasteiger partial charge on any atom is -0.381 e. The zero-order chi connectivity index (χ0) is 17.0. The SMILES string of the molecule is C/C=C/CCCOCCCC1CCC(c2ccc(C#N)cc2)CC1. The fraction of sp³-hybridized carbons (Fsp3) is 0.591. The van der Waals surface area contributed by atoms with E-state index in [1.165, 1.54) is 44.1 Å². The summed E-state index contributed by atoms with van der Waals surface area (Å²) < 4.78 is 5.72. The Morgan fingerprint density at radius 3 is 2.46 bits per heavy atom. The molecule has 1 saturated carbocycles. The van der Waals surface area contributed by atoms with Crippen molar-refractivity contribution in [1.29, 1.82) is 5.26 Å². The Hall–Kier alpha value is -1.59. The molecule has 0 amide bonds. The van der Waals surface area contributed by atoms with E-state index in [1.807, 2.05) is 12.1 Å². The molecule has 2 rings (SSSR count). The summed E-state index contributed by atoms with van der Waals surface area (Å²) in [4.78, 5) is 0. The van der Waals surface area contributed by atoms with Gasteiger partial charge in [-0.1, -0.05) is 24.3 Å². The maximum absolute atomic E-state index is 8.88. The first-order chi connectivity index (χ1) is 11.8. The molecule has 0 heterocycles.